The summed E-state index contributed by atoms with van der Waals surface area (Å²) < 4.78 is 10.6. The van der Waals surface area contributed by atoms with Crippen LogP contribution in [-0.2, 0) is 22.7 Å². The van der Waals surface area contributed by atoms with Crippen molar-refractivity contribution in [3.8, 4) is 17.1 Å². The van der Waals surface area contributed by atoms with Gasteiger partial charge < -0.3 is 19.5 Å². The summed E-state index contributed by atoms with van der Waals surface area (Å²) in [5.41, 5.74) is 2.79. The van der Waals surface area contributed by atoms with Crippen LogP contribution in [-0.4, -0.2) is 53.6 Å². The quantitative estimate of drug-likeness (QED) is 0.518. The predicted octanol–water partition coefficient (Wildman–Crippen LogP) is 3.40. The maximum Gasteiger partial charge on any atom is 0.241 e. The second-order valence-corrected chi connectivity index (χ2v) is 9.33. The molecule has 3 heterocycles. The monoisotopic (exact) mass is 489 g/mol. The number of aromatic nitrogens is 2. The van der Waals surface area contributed by atoms with Crippen molar-refractivity contribution in [3.63, 3.8) is 0 Å². The zero-order chi connectivity index (χ0) is 24.9. The Balaban J connectivity index is 1.08. The van der Waals surface area contributed by atoms with E-state index in [1.807, 2.05) is 53.4 Å². The molecule has 0 bridgehead atoms. The van der Waals surface area contributed by atoms with Crippen LogP contribution in [0.4, 0.5) is 5.69 Å². The average Bonchev–Trinajstić information content (AvgIpc) is 3.57. The van der Waals surface area contributed by atoms with E-state index in [9.17, 15) is 9.59 Å². The zero-order valence-corrected chi connectivity index (χ0v) is 20.5. The van der Waals surface area contributed by atoms with Crippen molar-refractivity contribution >= 4 is 17.5 Å². The molecule has 2 aliphatic heterocycles. The third-order valence-electron chi connectivity index (χ3n) is 6.90. The summed E-state index contributed by atoms with van der Waals surface area (Å²) >= 11 is 0. The highest BCUT2D eigenvalue weighted by atomic mass is 16.5. The Morgan fingerprint density at radius 3 is 2.67 bits per heavy atom. The van der Waals surface area contributed by atoms with Gasteiger partial charge in [-0.1, -0.05) is 17.3 Å². The SMILES string of the molecule is COc1ccc(-c2noc(CN3CCC(C(=O)NCc4cccc(N5CCCC5=O)c4)CC3)n2)cc1. The molecular weight excluding hydrogens is 458 g/mol. The van der Waals surface area contributed by atoms with Crippen LogP contribution in [0.1, 0.15) is 37.1 Å². The van der Waals surface area contributed by atoms with Gasteiger partial charge in [-0.3, -0.25) is 14.5 Å². The van der Waals surface area contributed by atoms with E-state index in [-0.39, 0.29) is 17.7 Å². The lowest BCUT2D eigenvalue weighted by Crippen LogP contribution is -2.40. The molecular formula is C27H31N5O4. The topological polar surface area (TPSA) is 101 Å². The van der Waals surface area contributed by atoms with Gasteiger partial charge in [0.1, 0.15) is 5.75 Å². The third-order valence-corrected chi connectivity index (χ3v) is 6.90. The van der Waals surface area contributed by atoms with Gasteiger partial charge in [0.25, 0.3) is 0 Å². The summed E-state index contributed by atoms with van der Waals surface area (Å²) in [6, 6.07) is 15.4. The number of rotatable bonds is 8. The fraction of sp³-hybridized carbons (Fsp3) is 0.407. The van der Waals surface area contributed by atoms with E-state index >= 15 is 0 Å². The summed E-state index contributed by atoms with van der Waals surface area (Å²) in [6.45, 7) is 3.39. The highest BCUT2D eigenvalue weighted by Crippen LogP contribution is 2.24. The van der Waals surface area contributed by atoms with Crippen molar-refractivity contribution in [3.05, 3.63) is 60.0 Å². The molecule has 2 fully saturated rings. The second kappa shape index (κ2) is 10.9. The number of hydrogen-bond donors (Lipinski definition) is 1. The smallest absolute Gasteiger partial charge is 0.241 e. The lowest BCUT2D eigenvalue weighted by molar-refractivity contribution is -0.126. The number of likely N-dealkylation sites (tertiary alicyclic amines) is 1. The van der Waals surface area contributed by atoms with Gasteiger partial charge in [0, 0.05) is 36.7 Å². The van der Waals surface area contributed by atoms with Crippen molar-refractivity contribution in [1.82, 2.24) is 20.4 Å². The maximum absolute atomic E-state index is 12.8. The number of hydrogen-bond acceptors (Lipinski definition) is 7. The molecule has 1 N–H and O–H groups in total. The second-order valence-electron chi connectivity index (χ2n) is 9.33. The molecule has 5 rings (SSSR count). The van der Waals surface area contributed by atoms with Gasteiger partial charge in [0.15, 0.2) is 0 Å². The molecule has 2 aromatic carbocycles. The Kier molecular flexibility index (Phi) is 7.27. The number of ether oxygens (including phenoxy) is 1. The van der Waals surface area contributed by atoms with E-state index in [2.05, 4.69) is 20.4 Å². The molecule has 9 heteroatoms. The van der Waals surface area contributed by atoms with E-state index in [1.54, 1.807) is 7.11 Å². The van der Waals surface area contributed by atoms with Crippen LogP contribution in [0.5, 0.6) is 5.75 Å². The number of benzene rings is 2. The lowest BCUT2D eigenvalue weighted by atomic mass is 9.96. The Morgan fingerprint density at radius 2 is 1.94 bits per heavy atom. The number of amides is 2. The Bertz CT molecular complexity index is 1200. The molecule has 2 saturated heterocycles. The molecule has 0 saturated carbocycles. The van der Waals surface area contributed by atoms with Gasteiger partial charge in [0.2, 0.25) is 23.5 Å². The number of carbonyl (C=O) groups is 2. The number of anilines is 1. The molecule has 3 aromatic rings. The maximum atomic E-state index is 12.8. The Hall–Kier alpha value is -3.72. The number of piperidine rings is 1. The van der Waals surface area contributed by atoms with E-state index in [1.165, 1.54) is 0 Å². The minimum absolute atomic E-state index is 0.0119. The van der Waals surface area contributed by atoms with Crippen molar-refractivity contribution in [2.45, 2.75) is 38.8 Å². The minimum atomic E-state index is -0.0119. The Labute approximate surface area is 210 Å². The fourth-order valence-electron chi connectivity index (χ4n) is 4.81. The normalized spacial score (nSPS) is 16.9. The van der Waals surface area contributed by atoms with Gasteiger partial charge in [0.05, 0.1) is 13.7 Å². The first kappa shape index (κ1) is 24.0. The van der Waals surface area contributed by atoms with Crippen LogP contribution < -0.4 is 15.0 Å². The third kappa shape index (κ3) is 5.57. The van der Waals surface area contributed by atoms with Crippen LogP contribution in [0.25, 0.3) is 11.4 Å². The molecule has 9 nitrogen and oxygen atoms in total. The van der Waals surface area contributed by atoms with Gasteiger partial charge in [-0.25, -0.2) is 0 Å². The predicted molar refractivity (Wildman–Crippen MR) is 134 cm³/mol. The number of nitrogens with zero attached hydrogens (tertiary/aromatic N) is 4. The zero-order valence-electron chi connectivity index (χ0n) is 20.5. The summed E-state index contributed by atoms with van der Waals surface area (Å²) in [6.07, 6.45) is 3.08. The van der Waals surface area contributed by atoms with E-state index in [0.717, 1.165) is 61.5 Å². The van der Waals surface area contributed by atoms with E-state index < -0.39 is 0 Å². The fourth-order valence-corrected chi connectivity index (χ4v) is 4.81. The molecule has 188 valence electrons. The lowest BCUT2D eigenvalue weighted by Gasteiger charge is -2.30. The average molecular weight is 490 g/mol. The number of nitrogens with one attached hydrogen (secondary N) is 1. The number of carbonyl (C=O) groups excluding carboxylic acids is 2. The van der Waals surface area contributed by atoms with Gasteiger partial charge in [-0.2, -0.15) is 4.98 Å². The van der Waals surface area contributed by atoms with Crippen molar-refractivity contribution in [1.29, 1.82) is 0 Å². The molecule has 2 aliphatic rings. The van der Waals surface area contributed by atoms with Crippen molar-refractivity contribution < 1.29 is 18.8 Å². The highest BCUT2D eigenvalue weighted by Gasteiger charge is 2.26. The van der Waals surface area contributed by atoms with Gasteiger partial charge >= 0.3 is 0 Å². The molecule has 1 aromatic heterocycles. The van der Waals surface area contributed by atoms with Crippen molar-refractivity contribution in [2.24, 2.45) is 5.92 Å². The Morgan fingerprint density at radius 1 is 1.14 bits per heavy atom. The summed E-state index contributed by atoms with van der Waals surface area (Å²) in [4.78, 5) is 33.4. The minimum Gasteiger partial charge on any atom is -0.497 e. The van der Waals surface area contributed by atoms with Gasteiger partial charge in [-0.05, 0) is 74.3 Å². The molecule has 0 atom stereocenters. The summed E-state index contributed by atoms with van der Waals surface area (Å²) in [5.74, 6) is 2.14. The molecule has 36 heavy (non-hydrogen) atoms. The van der Waals surface area contributed by atoms with Gasteiger partial charge in [-0.15, -0.1) is 0 Å². The highest BCUT2D eigenvalue weighted by molar-refractivity contribution is 5.95. The summed E-state index contributed by atoms with van der Waals surface area (Å²) in [7, 11) is 1.63. The first-order valence-corrected chi connectivity index (χ1v) is 12.5. The first-order chi connectivity index (χ1) is 17.6. The van der Waals surface area contributed by atoms with E-state index in [0.29, 0.717) is 31.2 Å². The molecule has 0 radical (unpaired) electrons. The van der Waals surface area contributed by atoms with Crippen LogP contribution in [0.3, 0.4) is 0 Å². The van der Waals surface area contributed by atoms with E-state index in [4.69, 9.17) is 9.26 Å². The number of methoxy groups -OCH3 is 1. The molecule has 2 amide bonds. The molecule has 0 spiro atoms. The molecule has 0 unspecified atom stereocenters. The van der Waals surface area contributed by atoms with Crippen LogP contribution in [0, 0.1) is 5.92 Å². The molecule has 0 aliphatic carbocycles. The van der Waals surface area contributed by atoms with Crippen LogP contribution in [0.2, 0.25) is 0 Å². The van der Waals surface area contributed by atoms with Crippen LogP contribution >= 0.6 is 0 Å². The standard InChI is InChI=1S/C27H31N5O4/c1-35-23-9-7-20(8-10-23)26-29-24(36-30-26)18-31-14-11-21(12-15-31)27(34)28-17-19-4-2-5-22(16-19)32-13-3-6-25(32)33/h2,4-5,7-10,16,21H,3,6,11-15,17-18H2,1H3,(H,28,34). The first-order valence-electron chi connectivity index (χ1n) is 12.5. The largest absolute Gasteiger partial charge is 0.497 e. The van der Waals surface area contributed by atoms with Crippen LogP contribution in [0.15, 0.2) is 53.1 Å². The van der Waals surface area contributed by atoms with Crippen molar-refractivity contribution in [2.75, 3.05) is 31.6 Å². The summed E-state index contributed by atoms with van der Waals surface area (Å²) in [5, 5.41) is 7.18.